The zero-order valence-electron chi connectivity index (χ0n) is 11.7. The number of thiocarbonyl (C=S) groups is 1. The first-order valence-electron chi connectivity index (χ1n) is 7.12. The zero-order chi connectivity index (χ0) is 14.6. The first-order valence-corrected chi connectivity index (χ1v) is 7.53. The van der Waals surface area contributed by atoms with Gasteiger partial charge in [0.15, 0.2) is 5.05 Å². The molecule has 0 radical (unpaired) electrons. The van der Waals surface area contributed by atoms with Crippen LogP contribution < -0.4 is 0 Å². The van der Waals surface area contributed by atoms with Gasteiger partial charge in [0.05, 0.1) is 6.61 Å². The summed E-state index contributed by atoms with van der Waals surface area (Å²) in [6.45, 7) is 2.47. The van der Waals surface area contributed by atoms with Crippen LogP contribution in [-0.2, 0) is 4.74 Å². The van der Waals surface area contributed by atoms with Crippen LogP contribution in [0.3, 0.4) is 0 Å². The molecule has 0 atom stereocenters. The summed E-state index contributed by atoms with van der Waals surface area (Å²) in [6.07, 6.45) is 3.94. The first kappa shape index (κ1) is 18.7. The summed E-state index contributed by atoms with van der Waals surface area (Å²) in [4.78, 5) is 0. The Morgan fingerprint density at radius 3 is 1.68 bits per heavy atom. The summed E-state index contributed by atoms with van der Waals surface area (Å²) >= 11 is 4.80. The molecule has 0 unspecified atom stereocenters. The lowest BCUT2D eigenvalue weighted by atomic mass is 10.1. The fourth-order valence-corrected chi connectivity index (χ4v) is 1.96. The van der Waals surface area contributed by atoms with Gasteiger partial charge in [-0.2, -0.15) is 13.2 Å². The Hall–Kier alpha value is -0.320. The second kappa shape index (κ2) is 11.5. The van der Waals surface area contributed by atoms with Gasteiger partial charge in [-0.05, 0) is 25.1 Å². The number of ether oxygens (including phenoxy) is 1. The molecule has 0 aliphatic rings. The average Bonchev–Trinajstić information content (AvgIpc) is 2.28. The molecule has 0 aromatic carbocycles. The number of hydrogen-bond donors (Lipinski definition) is 0. The van der Waals surface area contributed by atoms with Gasteiger partial charge in [0.2, 0.25) is 0 Å². The predicted octanol–water partition coefficient (Wildman–Crippen LogP) is 5.81. The van der Waals surface area contributed by atoms with Gasteiger partial charge in [0.1, 0.15) is 0 Å². The highest BCUT2D eigenvalue weighted by Gasteiger charge is 2.25. The minimum absolute atomic E-state index is 0.276. The highest BCUT2D eigenvalue weighted by atomic mass is 32.1. The van der Waals surface area contributed by atoms with Crippen LogP contribution in [0.25, 0.3) is 0 Å². The molecule has 0 N–H and O–H groups in total. The fourth-order valence-electron chi connectivity index (χ4n) is 1.88. The van der Waals surface area contributed by atoms with E-state index in [4.69, 9.17) is 17.0 Å². The summed E-state index contributed by atoms with van der Waals surface area (Å²) in [5.41, 5.74) is 0. The minimum Gasteiger partial charge on any atom is -0.487 e. The van der Waals surface area contributed by atoms with Crippen LogP contribution in [0.2, 0.25) is 0 Å². The monoisotopic (exact) mass is 298 g/mol. The molecule has 0 amide bonds. The van der Waals surface area contributed by atoms with Crippen LogP contribution in [0.1, 0.15) is 71.1 Å². The Labute approximate surface area is 119 Å². The van der Waals surface area contributed by atoms with E-state index >= 15 is 0 Å². The summed E-state index contributed by atoms with van der Waals surface area (Å²) in [5.74, 6) is 0. The van der Waals surface area contributed by atoms with Crippen LogP contribution in [0.4, 0.5) is 13.2 Å². The van der Waals surface area contributed by atoms with Crippen molar-refractivity contribution in [2.45, 2.75) is 77.3 Å². The summed E-state index contributed by atoms with van der Waals surface area (Å²) in [7, 11) is 0. The molecule has 114 valence electrons. The number of hydrogen-bond acceptors (Lipinski definition) is 2. The smallest absolute Gasteiger partial charge is 0.389 e. The SMILES string of the molecule is CC(=S)OCCCCCCCCCCCC(F)(F)F. The summed E-state index contributed by atoms with van der Waals surface area (Å²) < 4.78 is 40.8. The summed E-state index contributed by atoms with van der Waals surface area (Å²) in [5, 5.41) is 0.596. The van der Waals surface area contributed by atoms with Crippen molar-refractivity contribution >= 4 is 17.3 Å². The zero-order valence-corrected chi connectivity index (χ0v) is 12.5. The first-order chi connectivity index (χ1) is 8.92. The molecule has 0 aliphatic carbocycles. The quantitative estimate of drug-likeness (QED) is 0.351. The van der Waals surface area contributed by atoms with Crippen LogP contribution in [0, 0.1) is 0 Å². The van der Waals surface area contributed by atoms with E-state index in [1.165, 1.54) is 6.42 Å². The van der Waals surface area contributed by atoms with Crippen LogP contribution >= 0.6 is 12.2 Å². The molecule has 0 saturated carbocycles. The van der Waals surface area contributed by atoms with Crippen LogP contribution in [0.15, 0.2) is 0 Å². The molecule has 0 saturated heterocycles. The molecule has 1 nitrogen and oxygen atoms in total. The van der Waals surface area contributed by atoms with Crippen LogP contribution in [-0.4, -0.2) is 17.8 Å². The highest BCUT2D eigenvalue weighted by molar-refractivity contribution is 7.80. The number of halogens is 3. The third-order valence-electron chi connectivity index (χ3n) is 2.91. The topological polar surface area (TPSA) is 9.23 Å². The van der Waals surface area contributed by atoms with Gasteiger partial charge in [-0.25, -0.2) is 0 Å². The van der Waals surface area contributed by atoms with Gasteiger partial charge in [-0.15, -0.1) is 0 Å². The maximum absolute atomic E-state index is 11.9. The van der Waals surface area contributed by atoms with E-state index < -0.39 is 12.6 Å². The number of alkyl halides is 3. The predicted molar refractivity (Wildman–Crippen MR) is 76.4 cm³/mol. The van der Waals surface area contributed by atoms with Crippen molar-refractivity contribution < 1.29 is 17.9 Å². The Balaban J connectivity index is 3.05. The van der Waals surface area contributed by atoms with Gasteiger partial charge in [0.25, 0.3) is 0 Å². The van der Waals surface area contributed by atoms with E-state index in [0.29, 0.717) is 18.1 Å². The second-order valence-corrected chi connectivity index (χ2v) is 5.46. The van der Waals surface area contributed by atoms with Crippen molar-refractivity contribution in [1.82, 2.24) is 0 Å². The molecule has 0 aromatic rings. The van der Waals surface area contributed by atoms with Gasteiger partial charge in [-0.1, -0.05) is 44.9 Å². The Kier molecular flexibility index (Phi) is 11.3. The van der Waals surface area contributed by atoms with E-state index in [9.17, 15) is 13.2 Å². The molecule has 0 fully saturated rings. The third-order valence-corrected chi connectivity index (χ3v) is 3.03. The van der Waals surface area contributed by atoms with E-state index in [1.54, 1.807) is 6.92 Å². The van der Waals surface area contributed by atoms with Gasteiger partial charge in [-0.3, -0.25) is 0 Å². The van der Waals surface area contributed by atoms with Crippen molar-refractivity contribution in [3.63, 3.8) is 0 Å². The molecular formula is C14H25F3OS. The lowest BCUT2D eigenvalue weighted by molar-refractivity contribution is -0.135. The van der Waals surface area contributed by atoms with Crippen LogP contribution in [0.5, 0.6) is 0 Å². The third kappa shape index (κ3) is 17.7. The van der Waals surface area contributed by atoms with Gasteiger partial charge in [0, 0.05) is 13.3 Å². The minimum atomic E-state index is -3.98. The Morgan fingerprint density at radius 1 is 0.842 bits per heavy atom. The highest BCUT2D eigenvalue weighted by Crippen LogP contribution is 2.23. The lowest BCUT2D eigenvalue weighted by Crippen LogP contribution is -2.06. The second-order valence-electron chi connectivity index (χ2n) is 4.89. The van der Waals surface area contributed by atoms with Gasteiger partial charge >= 0.3 is 6.18 Å². The van der Waals surface area contributed by atoms with Crippen molar-refractivity contribution in [1.29, 1.82) is 0 Å². The Bertz CT molecular complexity index is 229. The van der Waals surface area contributed by atoms with Crippen molar-refractivity contribution in [2.24, 2.45) is 0 Å². The number of rotatable bonds is 11. The molecule has 0 aliphatic heterocycles. The number of unbranched alkanes of at least 4 members (excludes halogenated alkanes) is 8. The molecule has 0 spiro atoms. The van der Waals surface area contributed by atoms with Crippen molar-refractivity contribution in [2.75, 3.05) is 6.61 Å². The maximum atomic E-state index is 11.9. The van der Waals surface area contributed by atoms with E-state index in [0.717, 1.165) is 38.5 Å². The van der Waals surface area contributed by atoms with E-state index in [2.05, 4.69) is 0 Å². The molecule has 0 aromatic heterocycles. The molecule has 19 heavy (non-hydrogen) atoms. The van der Waals surface area contributed by atoms with E-state index in [-0.39, 0.29) is 6.42 Å². The Morgan fingerprint density at radius 2 is 1.26 bits per heavy atom. The molecular weight excluding hydrogens is 273 g/mol. The largest absolute Gasteiger partial charge is 0.487 e. The molecule has 5 heteroatoms. The standard InChI is InChI=1S/C14H25F3OS/c1-13(19)18-12-10-8-6-4-2-3-5-7-9-11-14(15,16)17/h2-12H2,1H3. The normalized spacial score (nSPS) is 11.6. The van der Waals surface area contributed by atoms with Crippen molar-refractivity contribution in [3.05, 3.63) is 0 Å². The maximum Gasteiger partial charge on any atom is 0.389 e. The lowest BCUT2D eigenvalue weighted by Gasteiger charge is -2.06. The van der Waals surface area contributed by atoms with E-state index in [1.807, 2.05) is 0 Å². The summed E-state index contributed by atoms with van der Waals surface area (Å²) in [6, 6.07) is 0. The van der Waals surface area contributed by atoms with Gasteiger partial charge < -0.3 is 4.74 Å². The van der Waals surface area contributed by atoms with Crippen molar-refractivity contribution in [3.8, 4) is 0 Å². The molecule has 0 heterocycles. The molecule has 0 rings (SSSR count). The molecule has 0 bridgehead atoms. The fraction of sp³-hybridized carbons (Fsp3) is 0.929. The average molecular weight is 298 g/mol.